The summed E-state index contributed by atoms with van der Waals surface area (Å²) in [5.74, 6) is -1.82. The Hall–Kier alpha value is -2.66. The molecule has 7 heteroatoms. The molecule has 248 valence electrons. The lowest BCUT2D eigenvalue weighted by Crippen LogP contribution is -2.67. The fourth-order valence-electron chi connectivity index (χ4n) is 6.96. The van der Waals surface area contributed by atoms with Gasteiger partial charge in [0.25, 0.3) is 14.1 Å². The highest BCUT2D eigenvalue weighted by molar-refractivity contribution is 6.99. The van der Waals surface area contributed by atoms with Crippen molar-refractivity contribution in [1.82, 2.24) is 0 Å². The van der Waals surface area contributed by atoms with Crippen LogP contribution in [0.15, 0.2) is 103 Å². The predicted molar refractivity (Wildman–Crippen MR) is 194 cm³/mol. The molecule has 4 rings (SSSR count). The van der Waals surface area contributed by atoms with Gasteiger partial charge >= 0.3 is 0 Å². The average Bonchev–Trinajstić information content (AvgIpc) is 3.45. The smallest absolute Gasteiger partial charge is 0.261 e. The summed E-state index contributed by atoms with van der Waals surface area (Å²) in [6.45, 7) is 15.2. The van der Waals surface area contributed by atoms with E-state index >= 15 is 0 Å². The van der Waals surface area contributed by atoms with Crippen molar-refractivity contribution in [3.8, 4) is 0 Å². The normalized spacial score (nSPS) is 21.0. The molecule has 0 N–H and O–H groups in total. The van der Waals surface area contributed by atoms with Gasteiger partial charge in [-0.15, -0.1) is 0 Å². The highest BCUT2D eigenvalue weighted by Gasteiger charge is 2.55. The minimum absolute atomic E-state index is 0.144. The molecule has 0 amide bonds. The second-order valence-electron chi connectivity index (χ2n) is 13.7. The fraction of sp³-hybridized carbons (Fsp3) is 0.462. The standard InChI is InChI=1S/C39H54O5Si2/c1-9-45(10-2,11-3)43-36(28-27-32-21-15-12-16-22-32)38(7)29-30-39(41-8,44-38)35(40)31-42-46(37(4,5)6,33-23-17-13-18-24-33)34-25-19-14-20-26-34/h12-26,29-30,36H,9-11,27-28,31H2,1-8H3/t36-,38-,39?/m0/s1. The van der Waals surface area contributed by atoms with Crippen molar-refractivity contribution in [2.75, 3.05) is 13.7 Å². The van der Waals surface area contributed by atoms with Crippen LogP contribution in [0.1, 0.15) is 60.5 Å². The van der Waals surface area contributed by atoms with E-state index in [1.54, 1.807) is 13.2 Å². The Bertz CT molecular complexity index is 1370. The van der Waals surface area contributed by atoms with Crippen molar-refractivity contribution in [2.24, 2.45) is 0 Å². The highest BCUT2D eigenvalue weighted by Crippen LogP contribution is 2.41. The second-order valence-corrected chi connectivity index (χ2v) is 22.8. The van der Waals surface area contributed by atoms with E-state index in [4.69, 9.17) is 18.3 Å². The molecule has 0 aromatic heterocycles. The number of Topliss-reactive ketones (excluding diaryl/α,β-unsaturated/α-hetero) is 1. The van der Waals surface area contributed by atoms with E-state index in [9.17, 15) is 4.79 Å². The van der Waals surface area contributed by atoms with Crippen LogP contribution < -0.4 is 10.4 Å². The molecule has 1 heterocycles. The summed E-state index contributed by atoms with van der Waals surface area (Å²) < 4.78 is 26.9. The van der Waals surface area contributed by atoms with Gasteiger partial charge in [0.1, 0.15) is 5.60 Å². The van der Waals surface area contributed by atoms with E-state index < -0.39 is 28.0 Å². The van der Waals surface area contributed by atoms with E-state index in [-0.39, 0.29) is 23.5 Å². The third-order valence-electron chi connectivity index (χ3n) is 10.0. The number of carbonyl (C=O) groups excluding carboxylic acids is 1. The van der Waals surface area contributed by atoms with Gasteiger partial charge in [0.2, 0.25) is 5.78 Å². The molecular formula is C39H54O5Si2. The Balaban J connectivity index is 1.64. The maximum absolute atomic E-state index is 14.3. The zero-order chi connectivity index (χ0) is 33.5. The number of rotatable bonds is 16. The zero-order valence-corrected chi connectivity index (χ0v) is 31.2. The molecule has 3 aromatic carbocycles. The van der Waals surface area contributed by atoms with Crippen LogP contribution in [0.2, 0.25) is 23.2 Å². The molecule has 1 aliphatic heterocycles. The first-order valence-corrected chi connectivity index (χ1v) is 21.3. The van der Waals surface area contributed by atoms with Crippen LogP contribution in [-0.2, 0) is 29.5 Å². The summed E-state index contributed by atoms with van der Waals surface area (Å²) in [5, 5.41) is 1.98. The van der Waals surface area contributed by atoms with E-state index in [1.165, 1.54) is 5.56 Å². The molecule has 0 saturated heterocycles. The lowest BCUT2D eigenvalue weighted by atomic mass is 9.94. The van der Waals surface area contributed by atoms with Gasteiger partial charge in [-0.2, -0.15) is 0 Å². The maximum atomic E-state index is 14.3. The fourth-order valence-corrected chi connectivity index (χ4v) is 14.4. The van der Waals surface area contributed by atoms with E-state index in [2.05, 4.69) is 90.1 Å². The molecule has 0 fully saturated rings. The van der Waals surface area contributed by atoms with Gasteiger partial charge in [-0.05, 0) is 71.0 Å². The van der Waals surface area contributed by atoms with Crippen molar-refractivity contribution in [2.45, 2.75) is 102 Å². The van der Waals surface area contributed by atoms with E-state index in [1.807, 2.05) is 55.5 Å². The number of hydrogen-bond donors (Lipinski definition) is 0. The van der Waals surface area contributed by atoms with Gasteiger partial charge < -0.3 is 18.3 Å². The molecule has 46 heavy (non-hydrogen) atoms. The SMILES string of the molecule is CC[Si](CC)(CC)O[C@@H](CCc1ccccc1)[C@]1(C)C=CC(OC)(C(=O)CO[Si](c2ccccc2)(c2ccccc2)C(C)(C)C)O1. The maximum Gasteiger partial charge on any atom is 0.261 e. The van der Waals surface area contributed by atoms with Gasteiger partial charge in [0.05, 0.1) is 12.7 Å². The van der Waals surface area contributed by atoms with Gasteiger partial charge in [0, 0.05) is 7.11 Å². The van der Waals surface area contributed by atoms with E-state index in [0.29, 0.717) is 0 Å². The zero-order valence-electron chi connectivity index (χ0n) is 29.2. The summed E-state index contributed by atoms with van der Waals surface area (Å²) in [7, 11) is -3.41. The molecule has 0 radical (unpaired) electrons. The summed E-state index contributed by atoms with van der Waals surface area (Å²) in [5.41, 5.74) is 0.404. The van der Waals surface area contributed by atoms with Gasteiger partial charge in [0.15, 0.2) is 8.32 Å². The van der Waals surface area contributed by atoms with Gasteiger partial charge in [-0.25, -0.2) is 0 Å². The summed E-state index contributed by atoms with van der Waals surface area (Å²) in [4.78, 5) is 14.3. The Labute approximate surface area is 279 Å². The minimum Gasteiger partial charge on any atom is -0.411 e. The number of ether oxygens (including phenoxy) is 2. The third-order valence-corrected chi connectivity index (χ3v) is 19.7. The molecule has 5 nitrogen and oxygen atoms in total. The van der Waals surface area contributed by atoms with Crippen LogP contribution in [0.4, 0.5) is 0 Å². The Morgan fingerprint density at radius 3 is 1.76 bits per heavy atom. The first-order chi connectivity index (χ1) is 21.9. The topological polar surface area (TPSA) is 54.0 Å². The van der Waals surface area contributed by atoms with Crippen molar-refractivity contribution in [3.05, 3.63) is 109 Å². The number of aryl methyl sites for hydroxylation is 1. The first kappa shape index (κ1) is 36.2. The minimum atomic E-state index is -2.94. The van der Waals surface area contributed by atoms with Gasteiger partial charge in [-0.3, -0.25) is 4.79 Å². The van der Waals surface area contributed by atoms with Crippen LogP contribution in [-0.4, -0.2) is 53.6 Å². The molecule has 0 saturated carbocycles. The van der Waals surface area contributed by atoms with Crippen molar-refractivity contribution < 1.29 is 23.1 Å². The quantitative estimate of drug-likeness (QED) is 0.116. The van der Waals surface area contributed by atoms with Crippen molar-refractivity contribution >= 4 is 32.8 Å². The third kappa shape index (κ3) is 7.40. The average molecular weight is 659 g/mol. The molecule has 1 unspecified atom stereocenters. The van der Waals surface area contributed by atoms with Crippen molar-refractivity contribution in [3.63, 3.8) is 0 Å². The Kier molecular flexibility index (Phi) is 11.8. The molecule has 0 aliphatic carbocycles. The largest absolute Gasteiger partial charge is 0.411 e. The van der Waals surface area contributed by atoms with Crippen LogP contribution >= 0.6 is 0 Å². The Morgan fingerprint density at radius 2 is 1.30 bits per heavy atom. The lowest BCUT2D eigenvalue weighted by Gasteiger charge is -2.44. The van der Waals surface area contributed by atoms with Crippen LogP contribution in [0, 0.1) is 0 Å². The van der Waals surface area contributed by atoms with E-state index in [0.717, 1.165) is 41.3 Å². The first-order valence-electron chi connectivity index (χ1n) is 16.9. The summed E-state index contributed by atoms with van der Waals surface area (Å²) in [6, 6.07) is 34.3. The van der Waals surface area contributed by atoms with Crippen LogP contribution in [0.3, 0.4) is 0 Å². The molecule has 1 aliphatic rings. The predicted octanol–water partition coefficient (Wildman–Crippen LogP) is 7.84. The molecule has 3 atom stereocenters. The monoisotopic (exact) mass is 658 g/mol. The molecule has 0 bridgehead atoms. The number of carbonyl (C=O) groups is 1. The molecule has 3 aromatic rings. The second kappa shape index (κ2) is 15.1. The highest BCUT2D eigenvalue weighted by atomic mass is 28.4. The summed E-state index contributed by atoms with van der Waals surface area (Å²) in [6.07, 6.45) is 5.16. The number of methoxy groups -OCH3 is 1. The lowest BCUT2D eigenvalue weighted by molar-refractivity contribution is -0.232. The van der Waals surface area contributed by atoms with Crippen LogP contribution in [0.25, 0.3) is 0 Å². The number of ketones is 1. The Morgan fingerprint density at radius 1 is 0.804 bits per heavy atom. The van der Waals surface area contributed by atoms with Crippen molar-refractivity contribution in [1.29, 1.82) is 0 Å². The number of benzene rings is 3. The summed E-state index contributed by atoms with van der Waals surface area (Å²) >= 11 is 0. The molecular weight excluding hydrogens is 605 g/mol. The molecule has 0 spiro atoms. The van der Waals surface area contributed by atoms with Gasteiger partial charge in [-0.1, -0.05) is 133 Å². The number of hydrogen-bond acceptors (Lipinski definition) is 5. The van der Waals surface area contributed by atoms with Crippen LogP contribution in [0.5, 0.6) is 0 Å².